The number of nitrogens with two attached hydrogens (primary N) is 1. The van der Waals surface area contributed by atoms with Crippen LogP contribution >= 0.6 is 0 Å². The molecule has 108 valence electrons. The zero-order chi connectivity index (χ0) is 14.8. The molecule has 0 saturated carbocycles. The molecule has 21 heavy (non-hydrogen) atoms. The summed E-state index contributed by atoms with van der Waals surface area (Å²) in [7, 11) is 0. The fourth-order valence-corrected chi connectivity index (χ4v) is 2.36. The molecule has 0 aliphatic carbocycles. The number of nitrogen functional groups attached to an aromatic ring is 1. The number of carbonyl (C=O) groups is 1. The second-order valence-corrected chi connectivity index (χ2v) is 5.06. The highest BCUT2D eigenvalue weighted by molar-refractivity contribution is 6.10. The fraction of sp³-hybridized carbons (Fsp3) is 0.235. The predicted molar refractivity (Wildman–Crippen MR) is 81.1 cm³/mol. The van der Waals surface area contributed by atoms with Gasteiger partial charge in [0.05, 0.1) is 13.2 Å². The van der Waals surface area contributed by atoms with Gasteiger partial charge in [0.2, 0.25) is 0 Å². The molecule has 0 fully saturated rings. The number of hydrogen-bond donors (Lipinski definition) is 1. The van der Waals surface area contributed by atoms with Crippen molar-refractivity contribution in [1.82, 2.24) is 0 Å². The second kappa shape index (κ2) is 5.48. The van der Waals surface area contributed by atoms with E-state index in [-0.39, 0.29) is 5.78 Å². The van der Waals surface area contributed by atoms with Gasteiger partial charge in [-0.05, 0) is 36.8 Å². The van der Waals surface area contributed by atoms with Crippen molar-refractivity contribution in [3.8, 4) is 11.5 Å². The standard InChI is InChI=1S/C17H17NO3/c1-11-13(4-2-5-14(11)18)17(19)12-6-7-15-16(10-12)21-9-3-8-20-15/h2,4-7,10H,3,8-9,18H2,1H3. The Labute approximate surface area is 123 Å². The summed E-state index contributed by atoms with van der Waals surface area (Å²) in [6, 6.07) is 10.7. The molecule has 0 unspecified atom stereocenters. The topological polar surface area (TPSA) is 61.6 Å². The highest BCUT2D eigenvalue weighted by atomic mass is 16.5. The zero-order valence-electron chi connectivity index (χ0n) is 11.9. The number of hydrogen-bond acceptors (Lipinski definition) is 4. The fourth-order valence-electron chi connectivity index (χ4n) is 2.36. The van der Waals surface area contributed by atoms with Crippen molar-refractivity contribution in [2.45, 2.75) is 13.3 Å². The van der Waals surface area contributed by atoms with Crippen molar-refractivity contribution >= 4 is 11.5 Å². The third-order valence-electron chi connectivity index (χ3n) is 3.63. The van der Waals surface area contributed by atoms with Crippen LogP contribution in [-0.4, -0.2) is 19.0 Å². The molecular weight excluding hydrogens is 266 g/mol. The maximum atomic E-state index is 12.6. The van der Waals surface area contributed by atoms with E-state index in [4.69, 9.17) is 15.2 Å². The van der Waals surface area contributed by atoms with Crippen molar-refractivity contribution in [3.05, 3.63) is 53.1 Å². The molecule has 1 aliphatic heterocycles. The largest absolute Gasteiger partial charge is 0.490 e. The molecule has 1 aliphatic rings. The molecule has 2 aromatic rings. The number of benzene rings is 2. The smallest absolute Gasteiger partial charge is 0.193 e. The van der Waals surface area contributed by atoms with Gasteiger partial charge >= 0.3 is 0 Å². The second-order valence-electron chi connectivity index (χ2n) is 5.06. The first kappa shape index (κ1) is 13.5. The molecule has 0 amide bonds. The lowest BCUT2D eigenvalue weighted by atomic mass is 9.98. The van der Waals surface area contributed by atoms with Crippen LogP contribution in [0.25, 0.3) is 0 Å². The molecule has 2 N–H and O–H groups in total. The Hall–Kier alpha value is -2.49. The minimum absolute atomic E-state index is 0.0598. The van der Waals surface area contributed by atoms with E-state index in [1.54, 1.807) is 36.4 Å². The van der Waals surface area contributed by atoms with Crippen LogP contribution in [0, 0.1) is 6.92 Å². The monoisotopic (exact) mass is 283 g/mol. The van der Waals surface area contributed by atoms with Gasteiger partial charge in [0.15, 0.2) is 17.3 Å². The minimum atomic E-state index is -0.0598. The number of ketones is 1. The van der Waals surface area contributed by atoms with Crippen LogP contribution in [0.2, 0.25) is 0 Å². The number of carbonyl (C=O) groups excluding carboxylic acids is 1. The Morgan fingerprint density at radius 2 is 1.86 bits per heavy atom. The van der Waals surface area contributed by atoms with Crippen molar-refractivity contribution < 1.29 is 14.3 Å². The van der Waals surface area contributed by atoms with E-state index in [1.807, 2.05) is 6.92 Å². The van der Waals surface area contributed by atoms with Crippen LogP contribution < -0.4 is 15.2 Å². The number of ether oxygens (including phenoxy) is 2. The molecular formula is C17H17NO3. The number of rotatable bonds is 2. The minimum Gasteiger partial charge on any atom is -0.490 e. The molecule has 0 spiro atoms. The molecule has 0 radical (unpaired) electrons. The van der Waals surface area contributed by atoms with E-state index >= 15 is 0 Å². The Morgan fingerprint density at radius 1 is 1.10 bits per heavy atom. The summed E-state index contributed by atoms with van der Waals surface area (Å²) >= 11 is 0. The summed E-state index contributed by atoms with van der Waals surface area (Å²) in [6.45, 7) is 3.09. The third kappa shape index (κ3) is 2.57. The molecule has 4 nitrogen and oxygen atoms in total. The average molecular weight is 283 g/mol. The molecule has 4 heteroatoms. The molecule has 0 aromatic heterocycles. The zero-order valence-corrected chi connectivity index (χ0v) is 11.9. The van der Waals surface area contributed by atoms with Gasteiger partial charge in [-0.15, -0.1) is 0 Å². The Morgan fingerprint density at radius 3 is 2.67 bits per heavy atom. The lowest BCUT2D eigenvalue weighted by Crippen LogP contribution is -2.06. The Bertz CT molecular complexity index is 694. The first-order valence-electron chi connectivity index (χ1n) is 6.96. The van der Waals surface area contributed by atoms with Crippen LogP contribution in [0.1, 0.15) is 27.9 Å². The normalized spacial score (nSPS) is 13.6. The summed E-state index contributed by atoms with van der Waals surface area (Å²) in [5, 5.41) is 0. The SMILES string of the molecule is Cc1c(N)cccc1C(=O)c1ccc2c(c1)OCCCO2. The van der Waals surface area contributed by atoms with Crippen LogP contribution in [-0.2, 0) is 0 Å². The lowest BCUT2D eigenvalue weighted by Gasteiger charge is -2.10. The number of fused-ring (bicyclic) bond motifs is 1. The predicted octanol–water partition coefficient (Wildman–Crippen LogP) is 2.97. The van der Waals surface area contributed by atoms with E-state index in [9.17, 15) is 4.79 Å². The maximum absolute atomic E-state index is 12.6. The van der Waals surface area contributed by atoms with Crippen LogP contribution in [0.5, 0.6) is 11.5 Å². The van der Waals surface area contributed by atoms with Crippen molar-refractivity contribution in [1.29, 1.82) is 0 Å². The van der Waals surface area contributed by atoms with Crippen LogP contribution in [0.3, 0.4) is 0 Å². The first-order chi connectivity index (χ1) is 10.2. The summed E-state index contributed by atoms with van der Waals surface area (Å²) in [5.74, 6) is 1.25. The van der Waals surface area contributed by atoms with Gasteiger partial charge in [-0.3, -0.25) is 4.79 Å². The maximum Gasteiger partial charge on any atom is 0.193 e. The van der Waals surface area contributed by atoms with Gasteiger partial charge in [0.1, 0.15) is 0 Å². The average Bonchev–Trinajstić information content (AvgIpc) is 2.74. The third-order valence-corrected chi connectivity index (χ3v) is 3.63. The van der Waals surface area contributed by atoms with Crippen molar-refractivity contribution in [2.75, 3.05) is 18.9 Å². The Balaban J connectivity index is 1.98. The summed E-state index contributed by atoms with van der Waals surface area (Å²) in [6.07, 6.45) is 0.840. The van der Waals surface area contributed by atoms with Crippen LogP contribution in [0.4, 0.5) is 5.69 Å². The van der Waals surface area contributed by atoms with E-state index < -0.39 is 0 Å². The molecule has 1 heterocycles. The quantitative estimate of drug-likeness (QED) is 0.680. The highest BCUT2D eigenvalue weighted by Crippen LogP contribution is 2.31. The summed E-state index contributed by atoms with van der Waals surface area (Å²) in [4.78, 5) is 12.6. The van der Waals surface area contributed by atoms with E-state index in [2.05, 4.69) is 0 Å². The van der Waals surface area contributed by atoms with Gasteiger partial charge in [0, 0.05) is 23.2 Å². The van der Waals surface area contributed by atoms with E-state index in [1.165, 1.54) is 0 Å². The van der Waals surface area contributed by atoms with E-state index in [0.29, 0.717) is 41.5 Å². The van der Waals surface area contributed by atoms with Crippen molar-refractivity contribution in [2.24, 2.45) is 0 Å². The van der Waals surface area contributed by atoms with Gasteiger partial charge in [-0.2, -0.15) is 0 Å². The summed E-state index contributed by atoms with van der Waals surface area (Å²) in [5.41, 5.74) is 8.48. The van der Waals surface area contributed by atoms with Gasteiger partial charge < -0.3 is 15.2 Å². The van der Waals surface area contributed by atoms with Gasteiger partial charge in [0.25, 0.3) is 0 Å². The molecule has 0 atom stereocenters. The van der Waals surface area contributed by atoms with Crippen molar-refractivity contribution in [3.63, 3.8) is 0 Å². The van der Waals surface area contributed by atoms with Gasteiger partial charge in [-0.25, -0.2) is 0 Å². The summed E-state index contributed by atoms with van der Waals surface area (Å²) < 4.78 is 11.2. The molecule has 0 bridgehead atoms. The van der Waals surface area contributed by atoms with E-state index in [0.717, 1.165) is 12.0 Å². The molecule has 2 aromatic carbocycles. The molecule has 3 rings (SSSR count). The Kier molecular flexibility index (Phi) is 3.52. The highest BCUT2D eigenvalue weighted by Gasteiger charge is 2.17. The number of anilines is 1. The first-order valence-corrected chi connectivity index (χ1v) is 6.96. The van der Waals surface area contributed by atoms with Crippen LogP contribution in [0.15, 0.2) is 36.4 Å². The van der Waals surface area contributed by atoms with Gasteiger partial charge in [-0.1, -0.05) is 12.1 Å². The lowest BCUT2D eigenvalue weighted by molar-refractivity contribution is 0.103. The molecule has 0 saturated heterocycles.